The van der Waals surface area contributed by atoms with Crippen LogP contribution in [0.15, 0.2) is 18.2 Å². The van der Waals surface area contributed by atoms with E-state index in [2.05, 4.69) is 12.2 Å². The predicted molar refractivity (Wildman–Crippen MR) is 80.6 cm³/mol. The van der Waals surface area contributed by atoms with Gasteiger partial charge in [-0.2, -0.15) is 0 Å². The smallest absolute Gasteiger partial charge is 0.165 e. The van der Waals surface area contributed by atoms with Crippen LogP contribution in [-0.2, 0) is 0 Å². The highest BCUT2D eigenvalue weighted by atomic mass is 19.1. The third-order valence-electron chi connectivity index (χ3n) is 4.06. The Morgan fingerprint density at radius 3 is 2.55 bits per heavy atom. The van der Waals surface area contributed by atoms with Gasteiger partial charge in [0.25, 0.3) is 0 Å². The van der Waals surface area contributed by atoms with Crippen molar-refractivity contribution < 1.29 is 9.13 Å². The summed E-state index contributed by atoms with van der Waals surface area (Å²) in [4.78, 5) is 0. The quantitative estimate of drug-likeness (QED) is 0.795. The second-order valence-electron chi connectivity index (χ2n) is 5.70. The van der Waals surface area contributed by atoms with E-state index >= 15 is 0 Å². The summed E-state index contributed by atoms with van der Waals surface area (Å²) in [6, 6.07) is 5.51. The Morgan fingerprint density at radius 2 is 1.95 bits per heavy atom. The largest absolute Gasteiger partial charge is 0.487 e. The zero-order valence-electron chi connectivity index (χ0n) is 12.6. The number of halogens is 1. The maximum atomic E-state index is 14.2. The van der Waals surface area contributed by atoms with Gasteiger partial charge in [0.1, 0.15) is 0 Å². The van der Waals surface area contributed by atoms with E-state index in [1.807, 2.05) is 13.0 Å². The second-order valence-corrected chi connectivity index (χ2v) is 5.70. The first-order chi connectivity index (χ1) is 9.70. The molecule has 0 spiro atoms. The van der Waals surface area contributed by atoms with E-state index in [1.54, 1.807) is 12.1 Å². The van der Waals surface area contributed by atoms with Gasteiger partial charge in [-0.3, -0.25) is 0 Å². The summed E-state index contributed by atoms with van der Waals surface area (Å²) in [6.07, 6.45) is 7.24. The van der Waals surface area contributed by atoms with Crippen LogP contribution in [-0.4, -0.2) is 12.6 Å². The summed E-state index contributed by atoms with van der Waals surface area (Å²) in [6.45, 7) is 4.98. The molecule has 3 heteroatoms. The van der Waals surface area contributed by atoms with Crippen LogP contribution >= 0.6 is 0 Å². The Hall–Kier alpha value is -1.09. The summed E-state index contributed by atoms with van der Waals surface area (Å²) in [7, 11) is 0. The van der Waals surface area contributed by atoms with Crippen molar-refractivity contribution >= 4 is 0 Å². The van der Waals surface area contributed by atoms with Gasteiger partial charge in [0.2, 0.25) is 0 Å². The summed E-state index contributed by atoms with van der Waals surface area (Å²) in [5, 5.41) is 3.29. The molecule has 1 aliphatic carbocycles. The minimum Gasteiger partial charge on any atom is -0.487 e. The molecular formula is C17H26FNO. The average molecular weight is 279 g/mol. The molecule has 0 aliphatic heterocycles. The Bertz CT molecular complexity index is 413. The maximum Gasteiger partial charge on any atom is 0.165 e. The van der Waals surface area contributed by atoms with Crippen molar-refractivity contribution in [1.29, 1.82) is 0 Å². The molecule has 20 heavy (non-hydrogen) atoms. The fraction of sp³-hybridized carbons (Fsp3) is 0.647. The van der Waals surface area contributed by atoms with Crippen molar-refractivity contribution in [2.75, 3.05) is 6.54 Å². The zero-order chi connectivity index (χ0) is 14.4. The van der Waals surface area contributed by atoms with E-state index in [0.717, 1.165) is 24.9 Å². The van der Waals surface area contributed by atoms with Gasteiger partial charge in [-0.15, -0.1) is 0 Å². The summed E-state index contributed by atoms with van der Waals surface area (Å²) in [5.41, 5.74) is 0.970. The van der Waals surface area contributed by atoms with Gasteiger partial charge in [0.05, 0.1) is 6.10 Å². The lowest BCUT2D eigenvalue weighted by Crippen LogP contribution is -2.18. The van der Waals surface area contributed by atoms with Gasteiger partial charge in [-0.1, -0.05) is 25.8 Å². The fourth-order valence-corrected chi connectivity index (χ4v) is 2.85. The number of hydrogen-bond donors (Lipinski definition) is 1. The van der Waals surface area contributed by atoms with E-state index in [4.69, 9.17) is 4.74 Å². The molecule has 2 nitrogen and oxygen atoms in total. The maximum absolute atomic E-state index is 14.2. The SMILES string of the molecule is CCNC(C)c1ccc(OC2CCCCCC2)c(F)c1. The molecule has 1 unspecified atom stereocenters. The first kappa shape index (κ1) is 15.3. The average Bonchev–Trinajstić information content (AvgIpc) is 2.70. The predicted octanol–water partition coefficient (Wildman–Crippen LogP) is 4.60. The van der Waals surface area contributed by atoms with Crippen molar-refractivity contribution in [1.82, 2.24) is 5.32 Å². The first-order valence-corrected chi connectivity index (χ1v) is 7.90. The molecule has 0 amide bonds. The number of rotatable bonds is 5. The highest BCUT2D eigenvalue weighted by Gasteiger charge is 2.16. The van der Waals surface area contributed by atoms with Gasteiger partial charge in [0, 0.05) is 6.04 Å². The van der Waals surface area contributed by atoms with Crippen molar-refractivity contribution in [3.05, 3.63) is 29.6 Å². The highest BCUT2D eigenvalue weighted by Crippen LogP contribution is 2.26. The van der Waals surface area contributed by atoms with E-state index in [-0.39, 0.29) is 18.0 Å². The number of nitrogens with one attached hydrogen (secondary N) is 1. The zero-order valence-corrected chi connectivity index (χ0v) is 12.6. The molecule has 1 fully saturated rings. The Labute approximate surface area is 121 Å². The molecule has 0 saturated heterocycles. The molecule has 1 atom stereocenters. The molecule has 1 aliphatic rings. The molecular weight excluding hydrogens is 253 g/mol. The summed E-state index contributed by atoms with van der Waals surface area (Å²) < 4.78 is 20.0. The van der Waals surface area contributed by atoms with Crippen molar-refractivity contribution in [3.8, 4) is 5.75 Å². The normalized spacial score (nSPS) is 18.6. The molecule has 1 saturated carbocycles. The lowest BCUT2D eigenvalue weighted by atomic mass is 10.1. The van der Waals surface area contributed by atoms with Crippen LogP contribution in [0.25, 0.3) is 0 Å². The van der Waals surface area contributed by atoms with Gasteiger partial charge < -0.3 is 10.1 Å². The Balaban J connectivity index is 2.01. The van der Waals surface area contributed by atoms with E-state index in [1.165, 1.54) is 25.7 Å². The molecule has 1 aromatic carbocycles. The summed E-state index contributed by atoms with van der Waals surface area (Å²) in [5.74, 6) is 0.167. The standard InChI is InChI=1S/C17H26FNO/c1-3-19-13(2)14-10-11-17(16(18)12-14)20-15-8-6-4-5-7-9-15/h10-13,15,19H,3-9H2,1-2H3. The molecule has 112 valence electrons. The van der Waals surface area contributed by atoms with Crippen LogP contribution < -0.4 is 10.1 Å². The van der Waals surface area contributed by atoms with Crippen LogP contribution in [0.1, 0.15) is 64.0 Å². The van der Waals surface area contributed by atoms with E-state index in [9.17, 15) is 4.39 Å². The van der Waals surface area contributed by atoms with Crippen LogP contribution in [0.4, 0.5) is 4.39 Å². The van der Waals surface area contributed by atoms with Crippen LogP contribution in [0.2, 0.25) is 0 Å². The van der Waals surface area contributed by atoms with E-state index in [0.29, 0.717) is 5.75 Å². The van der Waals surface area contributed by atoms with Gasteiger partial charge in [0.15, 0.2) is 11.6 Å². The molecule has 0 radical (unpaired) electrons. The number of ether oxygens (including phenoxy) is 1. The van der Waals surface area contributed by atoms with Crippen LogP contribution in [0, 0.1) is 5.82 Å². The molecule has 0 aromatic heterocycles. The molecule has 0 bridgehead atoms. The van der Waals surface area contributed by atoms with Crippen molar-refractivity contribution in [2.24, 2.45) is 0 Å². The monoisotopic (exact) mass is 279 g/mol. The summed E-state index contributed by atoms with van der Waals surface area (Å²) >= 11 is 0. The Morgan fingerprint density at radius 1 is 1.25 bits per heavy atom. The van der Waals surface area contributed by atoms with Gasteiger partial charge >= 0.3 is 0 Å². The number of benzene rings is 1. The number of hydrogen-bond acceptors (Lipinski definition) is 2. The van der Waals surface area contributed by atoms with Crippen LogP contribution in [0.3, 0.4) is 0 Å². The van der Waals surface area contributed by atoms with Gasteiger partial charge in [-0.25, -0.2) is 4.39 Å². The first-order valence-electron chi connectivity index (χ1n) is 7.90. The van der Waals surface area contributed by atoms with Crippen molar-refractivity contribution in [2.45, 2.75) is 64.5 Å². The van der Waals surface area contributed by atoms with Gasteiger partial charge in [-0.05, 0) is 56.8 Å². The van der Waals surface area contributed by atoms with Crippen molar-refractivity contribution in [3.63, 3.8) is 0 Å². The topological polar surface area (TPSA) is 21.3 Å². The molecule has 0 heterocycles. The van der Waals surface area contributed by atoms with E-state index < -0.39 is 0 Å². The third-order valence-corrected chi connectivity index (χ3v) is 4.06. The second kappa shape index (κ2) is 7.63. The fourth-order valence-electron chi connectivity index (χ4n) is 2.85. The molecule has 1 aromatic rings. The highest BCUT2D eigenvalue weighted by molar-refractivity contribution is 5.31. The lowest BCUT2D eigenvalue weighted by Gasteiger charge is -2.19. The molecule has 1 N–H and O–H groups in total. The lowest BCUT2D eigenvalue weighted by molar-refractivity contribution is 0.176. The third kappa shape index (κ3) is 4.20. The molecule has 2 rings (SSSR count). The minimum atomic E-state index is -0.239. The Kier molecular flexibility index (Phi) is 5.84. The minimum absolute atomic E-state index is 0.168. The van der Waals surface area contributed by atoms with Crippen LogP contribution in [0.5, 0.6) is 5.75 Å².